The van der Waals surface area contributed by atoms with Crippen molar-refractivity contribution in [3.8, 4) is 5.88 Å². The predicted molar refractivity (Wildman–Crippen MR) is 85.4 cm³/mol. The standard InChI is InChI=1S/C16H19N5O2/c1-17-14-10-18-9-12(20-14)13-4-3-7-21(13)16(22)11-5-6-15(23-2)19-8-11/h5-6,8-10,13H,3-4,7H2,1-2H3,(H,17,20). The number of methoxy groups -OCH3 is 1. The average molecular weight is 313 g/mol. The smallest absolute Gasteiger partial charge is 0.255 e. The first-order valence-corrected chi connectivity index (χ1v) is 7.53. The van der Waals surface area contributed by atoms with Crippen LogP contribution in [0.1, 0.15) is 34.9 Å². The molecule has 7 heteroatoms. The van der Waals surface area contributed by atoms with E-state index in [4.69, 9.17) is 4.74 Å². The topological polar surface area (TPSA) is 80.2 Å². The Morgan fingerprint density at radius 2 is 2.22 bits per heavy atom. The van der Waals surface area contributed by atoms with Crippen molar-refractivity contribution in [2.75, 3.05) is 26.0 Å². The molecule has 23 heavy (non-hydrogen) atoms. The van der Waals surface area contributed by atoms with Crippen LogP contribution in [0.3, 0.4) is 0 Å². The van der Waals surface area contributed by atoms with Crippen LogP contribution in [0.4, 0.5) is 5.82 Å². The van der Waals surface area contributed by atoms with E-state index < -0.39 is 0 Å². The first kappa shape index (κ1) is 15.2. The third kappa shape index (κ3) is 3.08. The van der Waals surface area contributed by atoms with Gasteiger partial charge in [0, 0.05) is 25.9 Å². The van der Waals surface area contributed by atoms with E-state index in [9.17, 15) is 4.79 Å². The number of ether oxygens (including phenoxy) is 1. The van der Waals surface area contributed by atoms with Gasteiger partial charge in [-0.25, -0.2) is 9.97 Å². The van der Waals surface area contributed by atoms with Gasteiger partial charge in [0.05, 0.1) is 36.8 Å². The summed E-state index contributed by atoms with van der Waals surface area (Å²) in [4.78, 5) is 27.4. The monoisotopic (exact) mass is 313 g/mol. The molecule has 3 heterocycles. The Bertz CT molecular complexity index is 689. The number of nitrogens with one attached hydrogen (secondary N) is 1. The minimum absolute atomic E-state index is 0.0423. The molecule has 0 spiro atoms. The molecule has 1 unspecified atom stereocenters. The molecule has 0 aliphatic carbocycles. The Morgan fingerprint density at radius 3 is 2.91 bits per heavy atom. The lowest BCUT2D eigenvalue weighted by molar-refractivity contribution is 0.0732. The summed E-state index contributed by atoms with van der Waals surface area (Å²) in [5.74, 6) is 1.15. The number of likely N-dealkylation sites (tertiary alicyclic amines) is 1. The van der Waals surface area contributed by atoms with Crippen LogP contribution < -0.4 is 10.1 Å². The molecule has 0 saturated carbocycles. The summed E-state index contributed by atoms with van der Waals surface area (Å²) in [7, 11) is 3.35. The molecule has 1 atom stereocenters. The van der Waals surface area contributed by atoms with E-state index in [1.807, 2.05) is 4.90 Å². The zero-order valence-corrected chi connectivity index (χ0v) is 13.2. The summed E-state index contributed by atoms with van der Waals surface area (Å²) in [6.07, 6.45) is 6.77. The summed E-state index contributed by atoms with van der Waals surface area (Å²) in [5, 5.41) is 2.98. The van der Waals surface area contributed by atoms with E-state index in [0.717, 1.165) is 18.5 Å². The van der Waals surface area contributed by atoms with Gasteiger partial charge < -0.3 is 15.0 Å². The van der Waals surface area contributed by atoms with Gasteiger partial charge in [-0.3, -0.25) is 9.78 Å². The number of carbonyl (C=O) groups is 1. The molecular weight excluding hydrogens is 294 g/mol. The van der Waals surface area contributed by atoms with Crippen molar-refractivity contribution in [3.05, 3.63) is 42.0 Å². The normalized spacial score (nSPS) is 17.1. The molecule has 1 aliphatic rings. The molecule has 1 aliphatic heterocycles. The number of anilines is 1. The molecule has 1 saturated heterocycles. The number of aromatic nitrogens is 3. The number of amides is 1. The van der Waals surface area contributed by atoms with Gasteiger partial charge in [0.1, 0.15) is 5.82 Å². The minimum atomic E-state index is -0.0506. The predicted octanol–water partition coefficient (Wildman–Crippen LogP) is 1.90. The summed E-state index contributed by atoms with van der Waals surface area (Å²) in [6.45, 7) is 0.709. The maximum atomic E-state index is 12.8. The first-order chi connectivity index (χ1) is 11.2. The molecule has 1 amide bonds. The lowest BCUT2D eigenvalue weighted by Gasteiger charge is -2.24. The number of nitrogens with zero attached hydrogens (tertiary/aromatic N) is 4. The Morgan fingerprint density at radius 1 is 1.35 bits per heavy atom. The van der Waals surface area contributed by atoms with E-state index in [1.165, 1.54) is 0 Å². The number of hydrogen-bond donors (Lipinski definition) is 1. The van der Waals surface area contributed by atoms with Gasteiger partial charge in [0.15, 0.2) is 0 Å². The van der Waals surface area contributed by atoms with Crippen LogP contribution in [-0.2, 0) is 0 Å². The molecule has 7 nitrogen and oxygen atoms in total. The van der Waals surface area contributed by atoms with Crippen molar-refractivity contribution in [1.29, 1.82) is 0 Å². The van der Waals surface area contributed by atoms with Crippen molar-refractivity contribution in [2.45, 2.75) is 18.9 Å². The fraction of sp³-hybridized carbons (Fsp3) is 0.375. The molecule has 1 fully saturated rings. The highest BCUT2D eigenvalue weighted by Crippen LogP contribution is 2.32. The highest BCUT2D eigenvalue weighted by atomic mass is 16.5. The van der Waals surface area contributed by atoms with Gasteiger partial charge in [-0.1, -0.05) is 0 Å². The van der Waals surface area contributed by atoms with Crippen molar-refractivity contribution < 1.29 is 9.53 Å². The molecule has 0 bridgehead atoms. The van der Waals surface area contributed by atoms with E-state index in [0.29, 0.717) is 23.8 Å². The van der Waals surface area contributed by atoms with Crippen LogP contribution >= 0.6 is 0 Å². The summed E-state index contributed by atoms with van der Waals surface area (Å²) < 4.78 is 5.03. The van der Waals surface area contributed by atoms with E-state index in [1.54, 1.807) is 44.9 Å². The van der Waals surface area contributed by atoms with Crippen LogP contribution in [-0.4, -0.2) is 46.5 Å². The summed E-state index contributed by atoms with van der Waals surface area (Å²) in [5.41, 5.74) is 1.36. The van der Waals surface area contributed by atoms with E-state index in [2.05, 4.69) is 20.3 Å². The van der Waals surface area contributed by atoms with Crippen LogP contribution in [0, 0.1) is 0 Å². The van der Waals surface area contributed by atoms with Crippen LogP contribution in [0.15, 0.2) is 30.7 Å². The fourth-order valence-electron chi connectivity index (χ4n) is 2.77. The van der Waals surface area contributed by atoms with Gasteiger partial charge in [-0.2, -0.15) is 0 Å². The zero-order valence-electron chi connectivity index (χ0n) is 13.2. The maximum absolute atomic E-state index is 12.8. The second-order valence-corrected chi connectivity index (χ2v) is 5.32. The molecule has 1 N–H and O–H groups in total. The third-order valence-electron chi connectivity index (χ3n) is 3.96. The summed E-state index contributed by atoms with van der Waals surface area (Å²) in [6, 6.07) is 3.38. The second kappa shape index (κ2) is 6.60. The Hall–Kier alpha value is -2.70. The van der Waals surface area contributed by atoms with Gasteiger partial charge in [0.25, 0.3) is 5.91 Å². The SMILES string of the molecule is CNc1cncc(C2CCCN2C(=O)c2ccc(OC)nc2)n1. The van der Waals surface area contributed by atoms with E-state index in [-0.39, 0.29) is 11.9 Å². The molecular formula is C16H19N5O2. The van der Waals surface area contributed by atoms with Crippen molar-refractivity contribution in [1.82, 2.24) is 19.9 Å². The van der Waals surface area contributed by atoms with Crippen molar-refractivity contribution >= 4 is 11.7 Å². The quantitative estimate of drug-likeness (QED) is 0.928. The highest BCUT2D eigenvalue weighted by Gasteiger charge is 2.32. The van der Waals surface area contributed by atoms with Crippen molar-refractivity contribution in [3.63, 3.8) is 0 Å². The number of rotatable bonds is 4. The average Bonchev–Trinajstić information content (AvgIpc) is 3.11. The maximum Gasteiger partial charge on any atom is 0.255 e. The largest absolute Gasteiger partial charge is 0.481 e. The number of pyridine rings is 1. The lowest BCUT2D eigenvalue weighted by atomic mass is 10.1. The minimum Gasteiger partial charge on any atom is -0.481 e. The van der Waals surface area contributed by atoms with Gasteiger partial charge in [0.2, 0.25) is 5.88 Å². The van der Waals surface area contributed by atoms with Gasteiger partial charge in [-0.15, -0.1) is 0 Å². The molecule has 2 aromatic heterocycles. The Labute approximate surface area is 134 Å². The van der Waals surface area contributed by atoms with E-state index >= 15 is 0 Å². The van der Waals surface area contributed by atoms with Crippen LogP contribution in [0.2, 0.25) is 0 Å². The molecule has 3 rings (SSSR count). The molecule has 2 aromatic rings. The van der Waals surface area contributed by atoms with Gasteiger partial charge >= 0.3 is 0 Å². The summed E-state index contributed by atoms with van der Waals surface area (Å²) >= 11 is 0. The second-order valence-electron chi connectivity index (χ2n) is 5.32. The van der Waals surface area contributed by atoms with Crippen molar-refractivity contribution in [2.24, 2.45) is 0 Å². The van der Waals surface area contributed by atoms with Gasteiger partial charge in [-0.05, 0) is 18.9 Å². The molecule has 0 radical (unpaired) electrons. The highest BCUT2D eigenvalue weighted by molar-refractivity contribution is 5.94. The molecule has 120 valence electrons. The lowest BCUT2D eigenvalue weighted by Crippen LogP contribution is -2.31. The number of hydrogen-bond acceptors (Lipinski definition) is 6. The fourth-order valence-corrected chi connectivity index (χ4v) is 2.77. The zero-order chi connectivity index (χ0) is 16.2. The Balaban J connectivity index is 1.83. The third-order valence-corrected chi connectivity index (χ3v) is 3.96. The van der Waals surface area contributed by atoms with Crippen LogP contribution in [0.25, 0.3) is 0 Å². The first-order valence-electron chi connectivity index (χ1n) is 7.53. The molecule has 0 aromatic carbocycles. The van der Waals surface area contributed by atoms with Crippen LogP contribution in [0.5, 0.6) is 5.88 Å². The number of carbonyl (C=O) groups excluding carboxylic acids is 1. The Kier molecular flexibility index (Phi) is 4.36.